The zero-order valence-corrected chi connectivity index (χ0v) is 22.5. The number of nitrogens with zero attached hydrogens (tertiary/aromatic N) is 1. The van der Waals surface area contributed by atoms with Crippen molar-refractivity contribution in [2.45, 2.75) is 57.2 Å². The summed E-state index contributed by atoms with van der Waals surface area (Å²) in [5.41, 5.74) is 1.49. The second-order valence-electron chi connectivity index (χ2n) is 9.29. The summed E-state index contributed by atoms with van der Waals surface area (Å²) in [5.74, 6) is -1.29. The van der Waals surface area contributed by atoms with Crippen LogP contribution in [0.3, 0.4) is 0 Å². The van der Waals surface area contributed by atoms with Gasteiger partial charge < -0.3 is 10.2 Å². The van der Waals surface area contributed by atoms with Gasteiger partial charge in [-0.15, -0.1) is 0 Å². The van der Waals surface area contributed by atoms with Gasteiger partial charge in [-0.25, -0.2) is 4.39 Å². The Hall–Kier alpha value is -2.60. The molecule has 1 aliphatic carbocycles. The van der Waals surface area contributed by atoms with Gasteiger partial charge in [0.05, 0.1) is 6.42 Å². The lowest BCUT2D eigenvalue weighted by Crippen LogP contribution is -2.52. The molecule has 194 valence electrons. The first-order valence-electron chi connectivity index (χ1n) is 12.3. The molecule has 0 saturated heterocycles. The van der Waals surface area contributed by atoms with E-state index in [2.05, 4.69) is 5.32 Å². The summed E-state index contributed by atoms with van der Waals surface area (Å²) in [7, 11) is 0. The van der Waals surface area contributed by atoms with Gasteiger partial charge in [-0.05, 0) is 42.7 Å². The number of nitrogens with one attached hydrogen (secondary N) is 1. The van der Waals surface area contributed by atoms with Crippen LogP contribution in [0.4, 0.5) is 4.39 Å². The maximum Gasteiger partial charge on any atom is 0.243 e. The number of halogens is 4. The Morgan fingerprint density at radius 3 is 2.08 bits per heavy atom. The van der Waals surface area contributed by atoms with E-state index in [1.807, 2.05) is 30.3 Å². The number of benzene rings is 3. The highest BCUT2D eigenvalue weighted by Gasteiger charge is 2.33. The summed E-state index contributed by atoms with van der Waals surface area (Å²) in [5, 5.41) is 4.05. The van der Waals surface area contributed by atoms with Crippen LogP contribution in [-0.4, -0.2) is 28.8 Å². The van der Waals surface area contributed by atoms with Gasteiger partial charge in [0.25, 0.3) is 0 Å². The van der Waals surface area contributed by atoms with E-state index in [4.69, 9.17) is 34.8 Å². The molecule has 3 aromatic carbocycles. The zero-order valence-electron chi connectivity index (χ0n) is 20.2. The first-order chi connectivity index (χ1) is 17.8. The van der Waals surface area contributed by atoms with Crippen molar-refractivity contribution < 1.29 is 14.0 Å². The molecule has 3 aromatic rings. The normalized spacial score (nSPS) is 14.4. The second kappa shape index (κ2) is 12.8. The van der Waals surface area contributed by atoms with Crippen molar-refractivity contribution in [3.05, 3.63) is 104 Å². The highest BCUT2D eigenvalue weighted by molar-refractivity contribution is 6.36. The van der Waals surface area contributed by atoms with Crippen molar-refractivity contribution >= 4 is 46.6 Å². The minimum Gasteiger partial charge on any atom is -0.352 e. The third-order valence-electron chi connectivity index (χ3n) is 6.75. The largest absolute Gasteiger partial charge is 0.352 e. The first-order valence-corrected chi connectivity index (χ1v) is 13.5. The molecular weight excluding hydrogens is 534 g/mol. The fraction of sp³-hybridized carbons (Fsp3) is 0.310. The molecule has 1 saturated carbocycles. The van der Waals surface area contributed by atoms with Gasteiger partial charge in [-0.3, -0.25) is 9.59 Å². The zero-order chi connectivity index (χ0) is 26.4. The molecule has 0 bridgehead atoms. The molecule has 0 aromatic heterocycles. The number of carbonyl (C=O) groups excluding carboxylic acids is 2. The van der Waals surface area contributed by atoms with Gasteiger partial charge in [0, 0.05) is 45.2 Å². The van der Waals surface area contributed by atoms with Crippen LogP contribution >= 0.6 is 34.8 Å². The van der Waals surface area contributed by atoms with Gasteiger partial charge in [0.2, 0.25) is 11.8 Å². The molecule has 1 fully saturated rings. The van der Waals surface area contributed by atoms with Crippen LogP contribution in [0.2, 0.25) is 15.1 Å². The van der Waals surface area contributed by atoms with Gasteiger partial charge in [0.1, 0.15) is 11.9 Å². The van der Waals surface area contributed by atoms with E-state index in [0.29, 0.717) is 15.6 Å². The van der Waals surface area contributed by atoms with E-state index in [9.17, 15) is 14.0 Å². The lowest BCUT2D eigenvalue weighted by Gasteiger charge is -2.33. The number of amides is 2. The third kappa shape index (κ3) is 7.04. The van der Waals surface area contributed by atoms with Crippen LogP contribution in [0, 0.1) is 5.82 Å². The summed E-state index contributed by atoms with van der Waals surface area (Å²) >= 11 is 19.2. The molecular formula is C29H28Cl3FN2O2. The molecule has 1 aliphatic rings. The molecule has 0 heterocycles. The van der Waals surface area contributed by atoms with E-state index < -0.39 is 17.8 Å². The average molecular weight is 562 g/mol. The highest BCUT2D eigenvalue weighted by atomic mass is 35.5. The van der Waals surface area contributed by atoms with Crippen molar-refractivity contribution in [1.29, 1.82) is 0 Å². The molecule has 4 nitrogen and oxygen atoms in total. The van der Waals surface area contributed by atoms with Crippen LogP contribution in [0.25, 0.3) is 0 Å². The van der Waals surface area contributed by atoms with Crippen LogP contribution in [0.15, 0.2) is 66.7 Å². The standard InChI is InChI=1S/C29H28Cl3FN2O2/c30-23-14-7-15-26(33)21(23)17-28(36)35(18-22-24(31)12-6-13-25(22)32)27(16-19-8-2-1-3-9-19)29(37)34-20-10-4-5-11-20/h1-3,6-9,12-15,20,27H,4-5,10-11,16-18H2,(H,34,37)/t27-/m1/s1. The van der Waals surface area contributed by atoms with Crippen molar-refractivity contribution in [1.82, 2.24) is 10.2 Å². The van der Waals surface area contributed by atoms with Gasteiger partial charge in [-0.2, -0.15) is 0 Å². The van der Waals surface area contributed by atoms with E-state index >= 15 is 0 Å². The molecule has 2 amide bonds. The third-order valence-corrected chi connectivity index (χ3v) is 7.81. The summed E-state index contributed by atoms with van der Waals surface area (Å²) in [6.45, 7) is -0.0149. The summed E-state index contributed by atoms with van der Waals surface area (Å²) in [4.78, 5) is 29.0. The van der Waals surface area contributed by atoms with Crippen LogP contribution in [-0.2, 0) is 29.0 Å². The van der Waals surface area contributed by atoms with Crippen LogP contribution in [0.1, 0.15) is 42.4 Å². The highest BCUT2D eigenvalue weighted by Crippen LogP contribution is 2.29. The van der Waals surface area contributed by atoms with Gasteiger partial charge in [0.15, 0.2) is 0 Å². The average Bonchev–Trinajstić information content (AvgIpc) is 3.39. The predicted octanol–water partition coefficient (Wildman–Crippen LogP) is 7.03. The quantitative estimate of drug-likeness (QED) is 0.305. The Morgan fingerprint density at radius 2 is 1.46 bits per heavy atom. The number of hydrogen-bond acceptors (Lipinski definition) is 2. The lowest BCUT2D eigenvalue weighted by molar-refractivity contribution is -0.141. The molecule has 0 unspecified atom stereocenters. The maximum atomic E-state index is 14.6. The van der Waals surface area contributed by atoms with Crippen LogP contribution in [0.5, 0.6) is 0 Å². The Kier molecular flexibility index (Phi) is 9.47. The topological polar surface area (TPSA) is 49.4 Å². The van der Waals surface area contributed by atoms with Crippen molar-refractivity contribution in [3.63, 3.8) is 0 Å². The smallest absolute Gasteiger partial charge is 0.243 e. The molecule has 1 atom stereocenters. The van der Waals surface area contributed by atoms with Crippen molar-refractivity contribution in [2.24, 2.45) is 0 Å². The molecule has 1 N–H and O–H groups in total. The summed E-state index contributed by atoms with van der Waals surface area (Å²) < 4.78 is 14.6. The Labute approximate surface area is 231 Å². The fourth-order valence-corrected chi connectivity index (χ4v) is 5.48. The van der Waals surface area contributed by atoms with E-state index in [0.717, 1.165) is 31.2 Å². The minimum atomic E-state index is -0.867. The molecule has 8 heteroatoms. The fourth-order valence-electron chi connectivity index (χ4n) is 4.73. The molecule has 37 heavy (non-hydrogen) atoms. The monoisotopic (exact) mass is 560 g/mol. The predicted molar refractivity (Wildman–Crippen MR) is 146 cm³/mol. The van der Waals surface area contributed by atoms with E-state index in [-0.39, 0.29) is 41.9 Å². The van der Waals surface area contributed by atoms with E-state index in [1.165, 1.54) is 23.1 Å². The van der Waals surface area contributed by atoms with Gasteiger partial charge in [-0.1, -0.05) is 90.1 Å². The minimum absolute atomic E-state index is 0.0149. The van der Waals surface area contributed by atoms with E-state index in [1.54, 1.807) is 18.2 Å². The number of hydrogen-bond donors (Lipinski definition) is 1. The number of carbonyl (C=O) groups is 2. The molecule has 0 aliphatic heterocycles. The molecule has 0 radical (unpaired) electrons. The summed E-state index contributed by atoms with van der Waals surface area (Å²) in [6, 6.07) is 18.1. The van der Waals surface area contributed by atoms with Crippen molar-refractivity contribution in [3.8, 4) is 0 Å². The van der Waals surface area contributed by atoms with Crippen LogP contribution < -0.4 is 5.32 Å². The van der Waals surface area contributed by atoms with Crippen molar-refractivity contribution in [2.75, 3.05) is 0 Å². The Morgan fingerprint density at radius 1 is 0.865 bits per heavy atom. The first kappa shape index (κ1) is 27.4. The SMILES string of the molecule is O=C(NC1CCCC1)[C@@H](Cc1ccccc1)N(Cc1c(Cl)cccc1Cl)C(=O)Cc1c(F)cccc1Cl. The Bertz CT molecular complexity index is 1210. The lowest BCUT2D eigenvalue weighted by atomic mass is 10.0. The maximum absolute atomic E-state index is 14.6. The summed E-state index contributed by atoms with van der Waals surface area (Å²) in [6.07, 6.45) is 3.88. The molecule has 4 rings (SSSR count). The number of rotatable bonds is 9. The Balaban J connectivity index is 1.73. The van der Waals surface area contributed by atoms with Gasteiger partial charge >= 0.3 is 0 Å². The molecule has 0 spiro atoms. The second-order valence-corrected chi connectivity index (χ2v) is 10.5.